The number of ether oxygens (including phenoxy) is 1. The number of aryl methyl sites for hydroxylation is 1. The monoisotopic (exact) mass is 357 g/mol. The third-order valence-electron chi connectivity index (χ3n) is 4.79. The normalized spacial score (nSPS) is 19.2. The maximum Gasteiger partial charge on any atom is 0.250 e. The second-order valence-corrected chi connectivity index (χ2v) is 6.89. The van der Waals surface area contributed by atoms with Gasteiger partial charge in [0.2, 0.25) is 0 Å². The Morgan fingerprint density at radius 3 is 2.85 bits per heavy atom. The minimum absolute atomic E-state index is 0.0398. The van der Waals surface area contributed by atoms with Crippen molar-refractivity contribution in [1.29, 1.82) is 0 Å². The molecule has 0 spiro atoms. The van der Waals surface area contributed by atoms with Crippen LogP contribution in [0.5, 0.6) is 0 Å². The first kappa shape index (κ1) is 18.5. The number of methoxy groups -OCH3 is 1. The molecule has 1 fully saturated rings. The van der Waals surface area contributed by atoms with Crippen molar-refractivity contribution in [1.82, 2.24) is 14.5 Å². The number of hydrogen-bond donors (Lipinski definition) is 2. The molecule has 0 saturated heterocycles. The number of anilines is 1. The van der Waals surface area contributed by atoms with Gasteiger partial charge in [-0.2, -0.15) is 0 Å². The van der Waals surface area contributed by atoms with Crippen LogP contribution in [0.1, 0.15) is 42.4 Å². The van der Waals surface area contributed by atoms with Gasteiger partial charge in [-0.15, -0.1) is 0 Å². The van der Waals surface area contributed by atoms with Crippen LogP contribution in [0.15, 0.2) is 29.1 Å². The van der Waals surface area contributed by atoms with Crippen molar-refractivity contribution in [3.8, 4) is 0 Å². The van der Waals surface area contributed by atoms with E-state index in [1.165, 1.54) is 0 Å². The highest BCUT2D eigenvalue weighted by atomic mass is 16.5. The van der Waals surface area contributed by atoms with Crippen molar-refractivity contribution in [2.45, 2.75) is 51.3 Å². The highest BCUT2D eigenvalue weighted by molar-refractivity contribution is 5.37. The first-order valence-corrected chi connectivity index (χ1v) is 9.09. The summed E-state index contributed by atoms with van der Waals surface area (Å²) < 4.78 is 6.98. The molecule has 7 heteroatoms. The van der Waals surface area contributed by atoms with E-state index >= 15 is 0 Å². The second-order valence-electron chi connectivity index (χ2n) is 6.89. The highest BCUT2D eigenvalue weighted by Gasteiger charge is 2.29. The van der Waals surface area contributed by atoms with Gasteiger partial charge in [-0.25, -0.2) is 9.97 Å². The van der Waals surface area contributed by atoms with Crippen molar-refractivity contribution >= 4 is 5.82 Å². The number of rotatable bonds is 8. The third kappa shape index (κ3) is 4.47. The number of hydrogen-bond acceptors (Lipinski definition) is 6. The van der Waals surface area contributed by atoms with Gasteiger partial charge in [0.05, 0.1) is 0 Å². The van der Waals surface area contributed by atoms with Crippen molar-refractivity contribution < 1.29 is 4.74 Å². The summed E-state index contributed by atoms with van der Waals surface area (Å²) in [6.45, 7) is 3.75. The van der Waals surface area contributed by atoms with Crippen LogP contribution in [0.2, 0.25) is 0 Å². The van der Waals surface area contributed by atoms with Crippen LogP contribution in [0.4, 0.5) is 5.82 Å². The smallest absolute Gasteiger partial charge is 0.250 e. The molecule has 26 heavy (non-hydrogen) atoms. The Labute approximate surface area is 153 Å². The highest BCUT2D eigenvalue weighted by Crippen LogP contribution is 2.35. The van der Waals surface area contributed by atoms with E-state index in [2.05, 4.69) is 15.3 Å². The molecule has 3 rings (SSSR count). The minimum atomic E-state index is 0.0398. The molecule has 7 nitrogen and oxygen atoms in total. The molecule has 0 aliphatic heterocycles. The van der Waals surface area contributed by atoms with E-state index in [1.54, 1.807) is 23.8 Å². The van der Waals surface area contributed by atoms with Crippen LogP contribution in [0.3, 0.4) is 0 Å². The summed E-state index contributed by atoms with van der Waals surface area (Å²) >= 11 is 0. The lowest BCUT2D eigenvalue weighted by molar-refractivity contribution is 0.177. The number of aromatic nitrogens is 3. The first-order chi connectivity index (χ1) is 12.6. The molecule has 3 N–H and O–H groups in total. The van der Waals surface area contributed by atoms with Crippen molar-refractivity contribution in [2.75, 3.05) is 19.0 Å². The fourth-order valence-electron chi connectivity index (χ4n) is 3.28. The summed E-state index contributed by atoms with van der Waals surface area (Å²) in [6, 6.07) is 7.63. The molecule has 140 valence electrons. The van der Waals surface area contributed by atoms with Crippen LogP contribution < -0.4 is 16.6 Å². The average Bonchev–Trinajstić information content (AvgIpc) is 2.58. The Hall–Kier alpha value is -2.25. The van der Waals surface area contributed by atoms with Crippen LogP contribution >= 0.6 is 0 Å². The van der Waals surface area contributed by atoms with E-state index < -0.39 is 0 Å². The summed E-state index contributed by atoms with van der Waals surface area (Å²) in [6.07, 6.45) is 2.77. The van der Waals surface area contributed by atoms with Crippen LogP contribution in [0, 0.1) is 6.92 Å². The van der Waals surface area contributed by atoms with Gasteiger partial charge >= 0.3 is 0 Å². The first-order valence-electron chi connectivity index (χ1n) is 9.09. The Kier molecular flexibility index (Phi) is 6.00. The average molecular weight is 357 g/mol. The van der Waals surface area contributed by atoms with Crippen molar-refractivity contribution in [2.24, 2.45) is 5.73 Å². The predicted molar refractivity (Wildman–Crippen MR) is 101 cm³/mol. The molecule has 1 aliphatic carbocycles. The quantitative estimate of drug-likeness (QED) is 0.700. The maximum atomic E-state index is 11.9. The summed E-state index contributed by atoms with van der Waals surface area (Å²) in [5.41, 5.74) is 7.96. The Morgan fingerprint density at radius 2 is 2.15 bits per heavy atom. The van der Waals surface area contributed by atoms with Crippen molar-refractivity contribution in [3.05, 3.63) is 51.8 Å². The van der Waals surface area contributed by atoms with E-state index in [9.17, 15) is 4.79 Å². The maximum absolute atomic E-state index is 11.9. The van der Waals surface area contributed by atoms with E-state index in [4.69, 9.17) is 10.5 Å². The summed E-state index contributed by atoms with van der Waals surface area (Å²) in [5, 5.41) is 3.35. The van der Waals surface area contributed by atoms with Crippen molar-refractivity contribution in [3.63, 3.8) is 0 Å². The zero-order valence-electron chi connectivity index (χ0n) is 15.4. The molecular weight excluding hydrogens is 330 g/mol. The zero-order chi connectivity index (χ0) is 18.5. The summed E-state index contributed by atoms with van der Waals surface area (Å²) in [4.78, 5) is 21.0. The van der Waals surface area contributed by atoms with E-state index in [0.29, 0.717) is 24.9 Å². The molecule has 0 aromatic carbocycles. The molecule has 0 radical (unpaired) electrons. The zero-order valence-corrected chi connectivity index (χ0v) is 15.4. The van der Waals surface area contributed by atoms with Gasteiger partial charge in [0, 0.05) is 55.7 Å². The van der Waals surface area contributed by atoms with E-state index in [1.807, 2.05) is 19.1 Å². The van der Waals surface area contributed by atoms with Gasteiger partial charge in [0.15, 0.2) is 5.82 Å². The lowest BCUT2D eigenvalue weighted by Gasteiger charge is -2.32. The third-order valence-corrected chi connectivity index (χ3v) is 4.79. The molecule has 0 bridgehead atoms. The van der Waals surface area contributed by atoms with Crippen LogP contribution in [-0.4, -0.2) is 34.2 Å². The Morgan fingerprint density at radius 1 is 1.35 bits per heavy atom. The lowest BCUT2D eigenvalue weighted by atomic mass is 9.78. The van der Waals surface area contributed by atoms with Crippen LogP contribution in [0.25, 0.3) is 0 Å². The van der Waals surface area contributed by atoms with Gasteiger partial charge < -0.3 is 20.4 Å². The fraction of sp³-hybridized carbons (Fsp3) is 0.526. The fourth-order valence-corrected chi connectivity index (χ4v) is 3.28. The predicted octanol–water partition coefficient (Wildman–Crippen LogP) is 1.80. The summed E-state index contributed by atoms with van der Waals surface area (Å²) in [5.74, 6) is 1.90. The molecule has 1 saturated carbocycles. The number of pyridine rings is 1. The van der Waals surface area contributed by atoms with Crippen LogP contribution in [-0.2, 0) is 17.9 Å². The topological polar surface area (TPSA) is 95.1 Å². The molecule has 2 aromatic heterocycles. The molecular formula is C19H27N5O2. The largest absolute Gasteiger partial charge is 0.377 e. The molecule has 2 aromatic rings. The molecule has 0 unspecified atom stereocenters. The summed E-state index contributed by atoms with van der Waals surface area (Å²) in [7, 11) is 1.64. The van der Waals surface area contributed by atoms with Gasteiger partial charge in [-0.1, -0.05) is 6.07 Å². The van der Waals surface area contributed by atoms with Gasteiger partial charge in [0.25, 0.3) is 5.56 Å². The van der Waals surface area contributed by atoms with E-state index in [0.717, 1.165) is 43.0 Å². The Bertz CT molecular complexity index is 799. The van der Waals surface area contributed by atoms with E-state index in [-0.39, 0.29) is 11.6 Å². The number of nitrogens with two attached hydrogens (primary N) is 1. The minimum Gasteiger partial charge on any atom is -0.377 e. The molecule has 1 aliphatic rings. The lowest BCUT2D eigenvalue weighted by Crippen LogP contribution is -2.35. The van der Waals surface area contributed by atoms with Gasteiger partial charge in [0.1, 0.15) is 12.4 Å². The van der Waals surface area contributed by atoms with Gasteiger partial charge in [-0.05, 0) is 32.3 Å². The second kappa shape index (κ2) is 8.42. The SMILES string of the molecule is COCc1nc(NCCCn2c(C)cccc2=O)cc(C2CC(N)C2)n1. The standard InChI is InChI=1S/C19H27N5O2/c1-13-5-3-6-19(25)24(13)8-4-7-21-17-11-16(14-9-15(20)10-14)22-18(23-17)12-26-2/h3,5-6,11,14-15H,4,7-10,12,20H2,1-2H3,(H,21,22,23). The molecule has 2 heterocycles. The molecule has 0 atom stereocenters. The van der Waals surface area contributed by atoms with Gasteiger partial charge in [-0.3, -0.25) is 4.79 Å². The Balaban J connectivity index is 1.61. The number of nitrogens with one attached hydrogen (secondary N) is 1. The molecule has 0 amide bonds. The number of nitrogens with zero attached hydrogens (tertiary/aromatic N) is 3.